The lowest BCUT2D eigenvalue weighted by Gasteiger charge is -2.35. The van der Waals surface area contributed by atoms with Crippen molar-refractivity contribution in [1.29, 1.82) is 0 Å². The molecule has 1 aromatic carbocycles. The smallest absolute Gasteiger partial charge is 0.255 e. The van der Waals surface area contributed by atoms with E-state index in [2.05, 4.69) is 48.3 Å². The van der Waals surface area contributed by atoms with Crippen molar-refractivity contribution in [2.45, 2.75) is 40.3 Å². The number of nitrogens with one attached hydrogen (secondary N) is 1. The van der Waals surface area contributed by atoms with Gasteiger partial charge in [-0.05, 0) is 42.4 Å². The average molecular weight is 340 g/mol. The van der Waals surface area contributed by atoms with Crippen molar-refractivity contribution < 1.29 is 9.21 Å². The van der Waals surface area contributed by atoms with Gasteiger partial charge in [-0.2, -0.15) is 0 Å². The van der Waals surface area contributed by atoms with E-state index < -0.39 is 0 Å². The number of aryl methyl sites for hydroxylation is 1. The molecule has 25 heavy (non-hydrogen) atoms. The predicted molar refractivity (Wildman–Crippen MR) is 99.3 cm³/mol. The van der Waals surface area contributed by atoms with Crippen LogP contribution < -0.4 is 5.32 Å². The number of rotatable bonds is 5. The van der Waals surface area contributed by atoms with Gasteiger partial charge in [0.25, 0.3) is 5.91 Å². The number of amides is 1. The van der Waals surface area contributed by atoms with Crippen LogP contribution in [0.3, 0.4) is 0 Å². The number of carbonyl (C=O) groups is 1. The van der Waals surface area contributed by atoms with Crippen LogP contribution in [-0.4, -0.2) is 23.9 Å². The summed E-state index contributed by atoms with van der Waals surface area (Å²) in [5, 5.41) is 2.95. The molecule has 0 radical (unpaired) electrons. The second kappa shape index (κ2) is 7.87. The quantitative estimate of drug-likeness (QED) is 0.895. The van der Waals surface area contributed by atoms with Gasteiger partial charge in [0.2, 0.25) is 0 Å². The summed E-state index contributed by atoms with van der Waals surface area (Å²) in [4.78, 5) is 14.7. The zero-order valence-electron chi connectivity index (χ0n) is 15.4. The minimum absolute atomic E-state index is 0.0911. The summed E-state index contributed by atoms with van der Waals surface area (Å²) in [6.45, 7) is 10.4. The summed E-state index contributed by atoms with van der Waals surface area (Å²) < 4.78 is 5.18. The van der Waals surface area contributed by atoms with E-state index in [0.29, 0.717) is 17.9 Å². The van der Waals surface area contributed by atoms with Crippen molar-refractivity contribution in [3.63, 3.8) is 0 Å². The SMILES string of the molecule is Cc1occc1C(=O)NCc1ccc(CN2C[C@H](C)C[C@@H](C)C2)cc1. The van der Waals surface area contributed by atoms with Crippen LogP contribution in [0.4, 0.5) is 0 Å². The first-order valence-electron chi connectivity index (χ1n) is 9.13. The Bertz CT molecular complexity index is 695. The van der Waals surface area contributed by atoms with Gasteiger partial charge >= 0.3 is 0 Å². The van der Waals surface area contributed by atoms with Crippen LogP contribution >= 0.6 is 0 Å². The Morgan fingerprint density at radius 3 is 2.36 bits per heavy atom. The van der Waals surface area contributed by atoms with Crippen LogP contribution in [0.2, 0.25) is 0 Å². The van der Waals surface area contributed by atoms with Gasteiger partial charge in [-0.3, -0.25) is 9.69 Å². The fraction of sp³-hybridized carbons (Fsp3) is 0.476. The molecule has 0 aliphatic carbocycles. The maximum atomic E-state index is 12.1. The zero-order valence-corrected chi connectivity index (χ0v) is 15.4. The Morgan fingerprint density at radius 1 is 1.12 bits per heavy atom. The van der Waals surface area contributed by atoms with E-state index in [4.69, 9.17) is 4.42 Å². The first-order valence-corrected chi connectivity index (χ1v) is 9.13. The van der Waals surface area contributed by atoms with E-state index >= 15 is 0 Å². The first-order chi connectivity index (χ1) is 12.0. The molecule has 1 saturated heterocycles. The summed E-state index contributed by atoms with van der Waals surface area (Å²) in [6.07, 6.45) is 2.88. The van der Waals surface area contributed by atoms with Crippen molar-refractivity contribution in [2.75, 3.05) is 13.1 Å². The van der Waals surface area contributed by atoms with Crippen LogP contribution in [0.15, 0.2) is 41.0 Å². The lowest BCUT2D eigenvalue weighted by atomic mass is 9.91. The van der Waals surface area contributed by atoms with Gasteiger partial charge in [0.05, 0.1) is 11.8 Å². The number of hydrogen-bond acceptors (Lipinski definition) is 3. The zero-order chi connectivity index (χ0) is 17.8. The van der Waals surface area contributed by atoms with Crippen molar-refractivity contribution in [3.05, 3.63) is 59.0 Å². The van der Waals surface area contributed by atoms with Crippen LogP contribution in [0.25, 0.3) is 0 Å². The maximum Gasteiger partial charge on any atom is 0.255 e. The minimum atomic E-state index is -0.0911. The molecule has 2 aromatic rings. The first kappa shape index (κ1) is 17.7. The molecule has 1 fully saturated rings. The van der Waals surface area contributed by atoms with Gasteiger partial charge in [0.1, 0.15) is 5.76 Å². The highest BCUT2D eigenvalue weighted by Gasteiger charge is 2.21. The molecule has 2 atom stereocenters. The highest BCUT2D eigenvalue weighted by Crippen LogP contribution is 2.22. The van der Waals surface area contributed by atoms with Crippen molar-refractivity contribution in [3.8, 4) is 0 Å². The summed E-state index contributed by atoms with van der Waals surface area (Å²) in [7, 11) is 0. The fourth-order valence-corrected chi connectivity index (χ4v) is 3.84. The molecule has 0 spiro atoms. The average Bonchev–Trinajstić information content (AvgIpc) is 2.99. The largest absolute Gasteiger partial charge is 0.469 e. The second-order valence-electron chi connectivity index (χ2n) is 7.53. The molecular formula is C21H28N2O2. The van der Waals surface area contributed by atoms with E-state index in [0.717, 1.165) is 23.9 Å². The van der Waals surface area contributed by atoms with Crippen molar-refractivity contribution in [1.82, 2.24) is 10.2 Å². The van der Waals surface area contributed by atoms with Crippen molar-refractivity contribution >= 4 is 5.91 Å². The highest BCUT2D eigenvalue weighted by molar-refractivity contribution is 5.94. The molecule has 0 saturated carbocycles. The number of carbonyl (C=O) groups excluding carboxylic acids is 1. The monoisotopic (exact) mass is 340 g/mol. The molecular weight excluding hydrogens is 312 g/mol. The van der Waals surface area contributed by atoms with E-state index in [1.165, 1.54) is 25.1 Å². The molecule has 4 nitrogen and oxygen atoms in total. The Kier molecular flexibility index (Phi) is 5.59. The summed E-state index contributed by atoms with van der Waals surface area (Å²) >= 11 is 0. The molecule has 1 aliphatic heterocycles. The predicted octanol–water partition coefficient (Wildman–Crippen LogP) is 4.00. The Labute approximate surface area is 150 Å². The van der Waals surface area contributed by atoms with Gasteiger partial charge < -0.3 is 9.73 Å². The molecule has 4 heteroatoms. The van der Waals surface area contributed by atoms with Gasteiger partial charge in [0, 0.05) is 26.2 Å². The van der Waals surface area contributed by atoms with Crippen molar-refractivity contribution in [2.24, 2.45) is 11.8 Å². The van der Waals surface area contributed by atoms with Crippen LogP contribution in [0.5, 0.6) is 0 Å². The summed E-state index contributed by atoms with van der Waals surface area (Å²) in [5.74, 6) is 2.12. The number of piperidine rings is 1. The second-order valence-corrected chi connectivity index (χ2v) is 7.53. The minimum Gasteiger partial charge on any atom is -0.469 e. The van der Waals surface area contributed by atoms with Crippen LogP contribution in [0, 0.1) is 18.8 Å². The number of hydrogen-bond donors (Lipinski definition) is 1. The standard InChI is InChI=1S/C21H28N2O2/c1-15-10-16(2)13-23(12-15)14-19-6-4-18(5-7-19)11-22-21(24)20-8-9-25-17(20)3/h4-9,15-16H,10-14H2,1-3H3,(H,22,24)/t15-,16-/m1/s1. The fourth-order valence-electron chi connectivity index (χ4n) is 3.84. The molecule has 1 amide bonds. The lowest BCUT2D eigenvalue weighted by Crippen LogP contribution is -2.38. The third kappa shape index (κ3) is 4.73. The number of furan rings is 1. The molecule has 1 aromatic heterocycles. The molecule has 1 N–H and O–H groups in total. The Morgan fingerprint density at radius 2 is 1.76 bits per heavy atom. The van der Waals surface area contributed by atoms with E-state index in [-0.39, 0.29) is 5.91 Å². The van der Waals surface area contributed by atoms with Gasteiger partial charge in [-0.15, -0.1) is 0 Å². The van der Waals surface area contributed by atoms with Crippen LogP contribution in [-0.2, 0) is 13.1 Å². The maximum absolute atomic E-state index is 12.1. The normalized spacial score (nSPS) is 21.2. The Balaban J connectivity index is 1.52. The molecule has 1 aliphatic rings. The number of nitrogens with zero attached hydrogens (tertiary/aromatic N) is 1. The molecule has 3 rings (SSSR count). The highest BCUT2D eigenvalue weighted by atomic mass is 16.3. The van der Waals surface area contributed by atoms with Gasteiger partial charge in [-0.1, -0.05) is 38.1 Å². The summed E-state index contributed by atoms with van der Waals surface area (Å²) in [5.41, 5.74) is 3.05. The topological polar surface area (TPSA) is 45.5 Å². The molecule has 0 unspecified atom stereocenters. The molecule has 0 bridgehead atoms. The van der Waals surface area contributed by atoms with Gasteiger partial charge in [0.15, 0.2) is 0 Å². The summed E-state index contributed by atoms with van der Waals surface area (Å²) in [6, 6.07) is 10.3. The molecule has 2 heterocycles. The third-order valence-electron chi connectivity index (χ3n) is 4.93. The Hall–Kier alpha value is -2.07. The van der Waals surface area contributed by atoms with E-state index in [1.54, 1.807) is 19.3 Å². The van der Waals surface area contributed by atoms with Gasteiger partial charge in [-0.25, -0.2) is 0 Å². The van der Waals surface area contributed by atoms with E-state index in [9.17, 15) is 4.79 Å². The number of likely N-dealkylation sites (tertiary alicyclic amines) is 1. The van der Waals surface area contributed by atoms with E-state index in [1.807, 2.05) is 0 Å². The van der Waals surface area contributed by atoms with Crippen LogP contribution in [0.1, 0.15) is 47.5 Å². The third-order valence-corrected chi connectivity index (χ3v) is 4.93. The number of benzene rings is 1. The lowest BCUT2D eigenvalue weighted by molar-refractivity contribution is 0.0949. The molecule has 134 valence electrons.